The van der Waals surface area contributed by atoms with Crippen molar-refractivity contribution in [3.05, 3.63) is 188 Å². The fraction of sp³-hybridized carbons (Fsp3) is 0. The molecule has 53 heavy (non-hydrogen) atoms. The topological polar surface area (TPSA) is 38.7 Å². The first-order valence-electron chi connectivity index (χ1n) is 17.8. The van der Waals surface area contributed by atoms with Crippen LogP contribution in [0.3, 0.4) is 0 Å². The maximum absolute atomic E-state index is 5.04. The second-order valence-corrected chi connectivity index (χ2v) is 14.3. The Balaban J connectivity index is 1.01. The third-order valence-corrected chi connectivity index (χ3v) is 11.2. The molecule has 8 aromatic carbocycles. The van der Waals surface area contributed by atoms with Crippen molar-refractivity contribution in [3.8, 4) is 67.5 Å². The van der Waals surface area contributed by atoms with E-state index in [0.717, 1.165) is 27.8 Å². The minimum absolute atomic E-state index is 0.646. The molecule has 0 aliphatic heterocycles. The highest BCUT2D eigenvalue weighted by Crippen LogP contribution is 2.41. The molecule has 0 bridgehead atoms. The van der Waals surface area contributed by atoms with Gasteiger partial charge in [0.1, 0.15) is 0 Å². The van der Waals surface area contributed by atoms with E-state index in [1.807, 2.05) is 41.7 Å². The van der Waals surface area contributed by atoms with E-state index in [-0.39, 0.29) is 0 Å². The highest BCUT2D eigenvalue weighted by Gasteiger charge is 2.15. The second-order valence-electron chi connectivity index (χ2n) is 13.3. The number of hydrogen-bond donors (Lipinski definition) is 0. The molecule has 248 valence electrons. The summed E-state index contributed by atoms with van der Waals surface area (Å²) in [6.45, 7) is 0. The van der Waals surface area contributed by atoms with Gasteiger partial charge in [-0.1, -0.05) is 176 Å². The largest absolute Gasteiger partial charge is 0.208 e. The van der Waals surface area contributed by atoms with Crippen molar-refractivity contribution < 1.29 is 0 Å². The molecule has 0 radical (unpaired) electrons. The molecule has 0 aliphatic carbocycles. The minimum Gasteiger partial charge on any atom is -0.208 e. The van der Waals surface area contributed by atoms with Gasteiger partial charge in [0, 0.05) is 36.9 Å². The smallest absolute Gasteiger partial charge is 0.164 e. The van der Waals surface area contributed by atoms with Crippen molar-refractivity contribution >= 4 is 42.3 Å². The maximum Gasteiger partial charge on any atom is 0.164 e. The molecule has 10 aromatic rings. The van der Waals surface area contributed by atoms with Crippen LogP contribution in [0.4, 0.5) is 0 Å². The zero-order valence-corrected chi connectivity index (χ0v) is 29.5. The average Bonchev–Trinajstić information content (AvgIpc) is 3.62. The Morgan fingerprint density at radius 3 is 1.47 bits per heavy atom. The van der Waals surface area contributed by atoms with E-state index >= 15 is 0 Å². The van der Waals surface area contributed by atoms with Gasteiger partial charge in [-0.25, -0.2) is 15.0 Å². The summed E-state index contributed by atoms with van der Waals surface area (Å²) < 4.78 is 2.59. The van der Waals surface area contributed by atoms with Gasteiger partial charge in [0.05, 0.1) is 0 Å². The van der Waals surface area contributed by atoms with Crippen LogP contribution in [0.25, 0.3) is 98.5 Å². The lowest BCUT2D eigenvalue weighted by Crippen LogP contribution is -2.00. The molecule has 0 N–H and O–H groups in total. The van der Waals surface area contributed by atoms with Crippen molar-refractivity contribution in [1.29, 1.82) is 0 Å². The van der Waals surface area contributed by atoms with Crippen molar-refractivity contribution in [2.75, 3.05) is 0 Å². The Hall–Kier alpha value is -6.75. The third-order valence-electron chi connectivity index (χ3n) is 9.95. The second kappa shape index (κ2) is 13.1. The van der Waals surface area contributed by atoms with E-state index < -0.39 is 0 Å². The Morgan fingerprint density at radius 1 is 0.302 bits per heavy atom. The van der Waals surface area contributed by atoms with Crippen LogP contribution >= 0.6 is 11.3 Å². The molecule has 0 saturated heterocycles. The van der Waals surface area contributed by atoms with E-state index in [9.17, 15) is 0 Å². The van der Waals surface area contributed by atoms with Gasteiger partial charge in [0.15, 0.2) is 17.5 Å². The summed E-state index contributed by atoms with van der Waals surface area (Å²) in [6.07, 6.45) is 0. The van der Waals surface area contributed by atoms with Gasteiger partial charge >= 0.3 is 0 Å². The van der Waals surface area contributed by atoms with Crippen molar-refractivity contribution in [2.45, 2.75) is 0 Å². The highest BCUT2D eigenvalue weighted by atomic mass is 32.1. The summed E-state index contributed by atoms with van der Waals surface area (Å²) in [5.41, 5.74) is 10.0. The van der Waals surface area contributed by atoms with E-state index in [4.69, 9.17) is 15.0 Å². The summed E-state index contributed by atoms with van der Waals surface area (Å²) in [7, 11) is 0. The molecule has 0 fully saturated rings. The van der Waals surface area contributed by atoms with Gasteiger partial charge in [0.25, 0.3) is 0 Å². The molecular formula is C49H31N3S. The number of benzene rings is 8. The molecule has 2 aromatic heterocycles. The third kappa shape index (κ3) is 5.85. The van der Waals surface area contributed by atoms with Gasteiger partial charge < -0.3 is 0 Å². The molecule has 10 rings (SSSR count). The summed E-state index contributed by atoms with van der Waals surface area (Å²) >= 11 is 1.86. The first-order valence-corrected chi connectivity index (χ1v) is 18.6. The van der Waals surface area contributed by atoms with Crippen LogP contribution in [0.5, 0.6) is 0 Å². The van der Waals surface area contributed by atoms with Gasteiger partial charge in [0.2, 0.25) is 0 Å². The normalized spacial score (nSPS) is 11.4. The van der Waals surface area contributed by atoms with Gasteiger partial charge in [-0.15, -0.1) is 11.3 Å². The molecule has 0 spiro atoms. The lowest BCUT2D eigenvalue weighted by atomic mass is 10.00. The Labute approximate surface area is 311 Å². The summed E-state index contributed by atoms with van der Waals surface area (Å²) in [5.74, 6) is 1.94. The SMILES string of the molecule is c1ccc(-c2ccc3c(c2)sc2c(-c4ccc(-c5nc(-c6ccccc6)nc(-c6ccc(-c7ccc8ccccc8c7)cc6)n5)cc4)cccc23)cc1. The molecule has 0 unspecified atom stereocenters. The van der Waals surface area contributed by atoms with E-state index in [0.29, 0.717) is 17.5 Å². The molecule has 4 heteroatoms. The van der Waals surface area contributed by atoms with Crippen LogP contribution in [0, 0.1) is 0 Å². The molecular weight excluding hydrogens is 663 g/mol. The van der Waals surface area contributed by atoms with Crippen LogP contribution in [0.1, 0.15) is 0 Å². The predicted octanol–water partition coefficient (Wildman–Crippen LogP) is 13.4. The molecule has 0 atom stereocenters. The number of thiophene rings is 1. The number of rotatable bonds is 6. The molecule has 0 aliphatic rings. The van der Waals surface area contributed by atoms with E-state index in [1.165, 1.54) is 53.2 Å². The lowest BCUT2D eigenvalue weighted by Gasteiger charge is -2.10. The maximum atomic E-state index is 5.04. The number of nitrogens with zero attached hydrogens (tertiary/aromatic N) is 3. The number of hydrogen-bond acceptors (Lipinski definition) is 4. The lowest BCUT2D eigenvalue weighted by molar-refractivity contribution is 1.07. The van der Waals surface area contributed by atoms with Crippen molar-refractivity contribution in [3.63, 3.8) is 0 Å². The van der Waals surface area contributed by atoms with Crippen LogP contribution in [0.2, 0.25) is 0 Å². The number of fused-ring (bicyclic) bond motifs is 4. The Morgan fingerprint density at radius 2 is 0.792 bits per heavy atom. The monoisotopic (exact) mass is 693 g/mol. The zero-order valence-electron chi connectivity index (χ0n) is 28.6. The van der Waals surface area contributed by atoms with Crippen LogP contribution < -0.4 is 0 Å². The predicted molar refractivity (Wildman–Crippen MR) is 223 cm³/mol. The highest BCUT2D eigenvalue weighted by molar-refractivity contribution is 7.26. The van der Waals surface area contributed by atoms with Crippen molar-refractivity contribution in [2.24, 2.45) is 0 Å². The first-order chi connectivity index (χ1) is 26.2. The van der Waals surface area contributed by atoms with Gasteiger partial charge in [-0.2, -0.15) is 0 Å². The quantitative estimate of drug-likeness (QED) is 0.174. The summed E-state index contributed by atoms with van der Waals surface area (Å²) in [6, 6.07) is 66.4. The first kappa shape index (κ1) is 31.0. The van der Waals surface area contributed by atoms with Crippen LogP contribution in [-0.4, -0.2) is 15.0 Å². The molecule has 3 nitrogen and oxygen atoms in total. The Bertz CT molecular complexity index is 2910. The fourth-order valence-corrected chi connectivity index (χ4v) is 8.44. The summed E-state index contributed by atoms with van der Waals surface area (Å²) in [4.78, 5) is 15.0. The standard InChI is InChI=1S/C49H31N3S/c1-3-10-32(11-4-1)41-28-29-43-44-17-9-16-42(46(44)53-45(43)31-41)35-21-25-38(26-22-35)49-51-47(36-13-5-2-6-14-36)50-48(52-49)37-23-18-34(19-24-37)40-27-20-33-12-7-8-15-39(33)30-40/h1-31H. The molecule has 2 heterocycles. The number of aromatic nitrogens is 3. The minimum atomic E-state index is 0.646. The average molecular weight is 694 g/mol. The Kier molecular flexibility index (Phi) is 7.67. The van der Waals surface area contributed by atoms with E-state index in [2.05, 4.69) is 158 Å². The molecule has 0 saturated carbocycles. The summed E-state index contributed by atoms with van der Waals surface area (Å²) in [5, 5.41) is 5.04. The van der Waals surface area contributed by atoms with Crippen LogP contribution in [0.15, 0.2) is 188 Å². The molecule has 0 amide bonds. The van der Waals surface area contributed by atoms with Crippen molar-refractivity contribution in [1.82, 2.24) is 15.0 Å². The van der Waals surface area contributed by atoms with Crippen LogP contribution in [-0.2, 0) is 0 Å². The zero-order chi connectivity index (χ0) is 35.1. The van der Waals surface area contributed by atoms with Gasteiger partial charge in [-0.3, -0.25) is 0 Å². The van der Waals surface area contributed by atoms with E-state index in [1.54, 1.807) is 0 Å². The van der Waals surface area contributed by atoms with Gasteiger partial charge in [-0.05, 0) is 56.3 Å². The fourth-order valence-electron chi connectivity index (χ4n) is 7.17.